The van der Waals surface area contributed by atoms with Gasteiger partial charge in [-0.1, -0.05) is 78.9 Å². The number of allylic oxidation sites excluding steroid dienone is 1. The van der Waals surface area contributed by atoms with Crippen LogP contribution in [-0.2, 0) is 16.0 Å². The molecule has 1 aliphatic carbocycles. The molecule has 5 heteroatoms. The number of hydrogen-bond donors (Lipinski definition) is 3. The number of Topliss-reactive ketones (excluding diaryl/α,β-unsaturated/α-hetero) is 1. The summed E-state index contributed by atoms with van der Waals surface area (Å²) in [4.78, 5) is 22.9. The predicted octanol–water partition coefficient (Wildman–Crippen LogP) is 4.03. The molecule has 1 fully saturated rings. The van der Waals surface area contributed by atoms with Crippen molar-refractivity contribution in [1.82, 2.24) is 0 Å². The molecule has 1 aliphatic rings. The smallest absolute Gasteiger partial charge is 0.327 e. The zero-order valence-corrected chi connectivity index (χ0v) is 18.6. The highest BCUT2D eigenvalue weighted by Gasteiger charge is 2.40. The standard InChI is InChI=1S/C28H30O5/c29-22(18-21-12-8-9-13-23(21)20-10-4-3-5-11-20)16-17-25-24(26(30)19-27(25)31)14-6-1-2-7-15-28(32)33/h3-5,7-13,15,22,24-25,27,29,31H,1-2,6,14,18-19H2,(H,32,33)/b15-7+/t22?,24-,25-,27-/m1/s1. The number of aliphatic hydroxyl groups excluding tert-OH is 2. The Balaban J connectivity index is 1.62. The van der Waals surface area contributed by atoms with E-state index in [0.717, 1.165) is 35.6 Å². The van der Waals surface area contributed by atoms with Crippen LogP contribution in [0.25, 0.3) is 11.1 Å². The third-order valence-electron chi connectivity index (χ3n) is 6.00. The number of aliphatic hydroxyl groups is 2. The van der Waals surface area contributed by atoms with Gasteiger partial charge in [-0.25, -0.2) is 4.79 Å². The highest BCUT2D eigenvalue weighted by Crippen LogP contribution is 2.33. The van der Waals surface area contributed by atoms with Gasteiger partial charge in [-0.3, -0.25) is 4.79 Å². The Hall–Kier alpha value is -3.20. The molecule has 0 amide bonds. The van der Waals surface area contributed by atoms with Gasteiger partial charge < -0.3 is 15.3 Å². The highest BCUT2D eigenvalue weighted by molar-refractivity contribution is 5.85. The molecule has 172 valence electrons. The van der Waals surface area contributed by atoms with E-state index in [1.165, 1.54) is 0 Å². The van der Waals surface area contributed by atoms with Gasteiger partial charge in [-0.15, -0.1) is 0 Å². The molecule has 0 radical (unpaired) electrons. The maximum atomic E-state index is 12.4. The molecule has 3 N–H and O–H groups in total. The fraction of sp³-hybridized carbons (Fsp3) is 0.357. The molecule has 33 heavy (non-hydrogen) atoms. The highest BCUT2D eigenvalue weighted by atomic mass is 16.4. The zero-order chi connectivity index (χ0) is 23.6. The zero-order valence-electron chi connectivity index (χ0n) is 18.6. The van der Waals surface area contributed by atoms with Crippen LogP contribution < -0.4 is 0 Å². The lowest BCUT2D eigenvalue weighted by Gasteiger charge is -2.16. The van der Waals surface area contributed by atoms with Crippen LogP contribution in [0, 0.1) is 23.7 Å². The van der Waals surface area contributed by atoms with Crippen molar-refractivity contribution in [1.29, 1.82) is 0 Å². The minimum atomic E-state index is -0.968. The summed E-state index contributed by atoms with van der Waals surface area (Å²) < 4.78 is 0. The van der Waals surface area contributed by atoms with Crippen molar-refractivity contribution >= 4 is 11.8 Å². The number of ketones is 1. The van der Waals surface area contributed by atoms with Crippen molar-refractivity contribution in [3.8, 4) is 23.0 Å². The summed E-state index contributed by atoms with van der Waals surface area (Å²) in [5.74, 6) is 4.08. The monoisotopic (exact) mass is 446 g/mol. The van der Waals surface area contributed by atoms with E-state index in [1.807, 2.05) is 54.6 Å². The Kier molecular flexibility index (Phi) is 9.00. The average Bonchev–Trinajstić information content (AvgIpc) is 3.07. The molecule has 2 aromatic rings. The Labute approximate surface area is 194 Å². The molecule has 0 heterocycles. The first-order valence-electron chi connectivity index (χ1n) is 11.4. The number of carboxylic acids is 1. The van der Waals surface area contributed by atoms with Crippen molar-refractivity contribution in [2.75, 3.05) is 0 Å². The maximum absolute atomic E-state index is 12.4. The van der Waals surface area contributed by atoms with Crippen LogP contribution in [0.4, 0.5) is 0 Å². The van der Waals surface area contributed by atoms with Crippen LogP contribution in [0.5, 0.6) is 0 Å². The second-order valence-electron chi connectivity index (χ2n) is 8.43. The largest absolute Gasteiger partial charge is 0.478 e. The number of carboxylic acid groups (broad SMARTS) is 1. The lowest BCUT2D eigenvalue weighted by Crippen LogP contribution is -2.20. The van der Waals surface area contributed by atoms with Gasteiger partial charge in [0.25, 0.3) is 0 Å². The molecule has 2 aromatic carbocycles. The summed E-state index contributed by atoms with van der Waals surface area (Å²) >= 11 is 0. The van der Waals surface area contributed by atoms with Gasteiger partial charge in [0.05, 0.1) is 12.0 Å². The first-order valence-corrected chi connectivity index (χ1v) is 11.4. The molecular formula is C28H30O5. The van der Waals surface area contributed by atoms with Crippen molar-refractivity contribution in [3.63, 3.8) is 0 Å². The van der Waals surface area contributed by atoms with Gasteiger partial charge >= 0.3 is 5.97 Å². The second-order valence-corrected chi connectivity index (χ2v) is 8.43. The number of carbonyl (C=O) groups excluding carboxylic acids is 1. The molecule has 0 saturated heterocycles. The number of aliphatic carboxylic acids is 1. The Bertz CT molecular complexity index is 1030. The van der Waals surface area contributed by atoms with E-state index in [0.29, 0.717) is 19.3 Å². The van der Waals surface area contributed by atoms with Crippen molar-refractivity contribution < 1.29 is 24.9 Å². The summed E-state index contributed by atoms with van der Waals surface area (Å²) in [5, 5.41) is 29.6. The average molecular weight is 447 g/mol. The van der Waals surface area contributed by atoms with Gasteiger partial charge in [0, 0.05) is 24.8 Å². The minimum Gasteiger partial charge on any atom is -0.478 e. The van der Waals surface area contributed by atoms with E-state index in [-0.39, 0.29) is 18.1 Å². The van der Waals surface area contributed by atoms with Crippen LogP contribution in [0.1, 0.15) is 37.7 Å². The molecule has 3 rings (SSSR count). The molecule has 4 atom stereocenters. The molecule has 0 aromatic heterocycles. The number of hydrogen-bond acceptors (Lipinski definition) is 4. The van der Waals surface area contributed by atoms with Crippen LogP contribution >= 0.6 is 0 Å². The molecule has 5 nitrogen and oxygen atoms in total. The van der Waals surface area contributed by atoms with Crippen molar-refractivity contribution in [2.24, 2.45) is 11.8 Å². The lowest BCUT2D eigenvalue weighted by molar-refractivity contribution is -0.131. The quantitative estimate of drug-likeness (QED) is 0.307. The Morgan fingerprint density at radius 2 is 1.82 bits per heavy atom. The Morgan fingerprint density at radius 1 is 1.09 bits per heavy atom. The van der Waals surface area contributed by atoms with Gasteiger partial charge in [0.15, 0.2) is 0 Å². The van der Waals surface area contributed by atoms with E-state index in [2.05, 4.69) is 11.8 Å². The number of rotatable bonds is 9. The van der Waals surface area contributed by atoms with Gasteiger partial charge in [0.2, 0.25) is 0 Å². The van der Waals surface area contributed by atoms with E-state index >= 15 is 0 Å². The van der Waals surface area contributed by atoms with E-state index < -0.39 is 24.1 Å². The van der Waals surface area contributed by atoms with Gasteiger partial charge in [-0.05, 0) is 36.0 Å². The SMILES string of the molecule is O=C(O)/C=C/CCCC[C@H]1C(=O)C[C@@H](O)[C@@H]1C#CC(O)Cc1ccccc1-c1ccccc1. The predicted molar refractivity (Wildman–Crippen MR) is 127 cm³/mol. The molecule has 0 bridgehead atoms. The maximum Gasteiger partial charge on any atom is 0.327 e. The third kappa shape index (κ3) is 7.15. The van der Waals surface area contributed by atoms with E-state index in [1.54, 1.807) is 6.08 Å². The fourth-order valence-corrected chi connectivity index (χ4v) is 4.35. The first-order chi connectivity index (χ1) is 16.0. The van der Waals surface area contributed by atoms with Gasteiger partial charge in [0.1, 0.15) is 11.9 Å². The minimum absolute atomic E-state index is 0.00629. The second kappa shape index (κ2) is 12.2. The van der Waals surface area contributed by atoms with Crippen LogP contribution in [-0.4, -0.2) is 39.3 Å². The van der Waals surface area contributed by atoms with E-state index in [4.69, 9.17) is 5.11 Å². The number of carbonyl (C=O) groups is 2. The topological polar surface area (TPSA) is 94.8 Å². The summed E-state index contributed by atoms with van der Waals surface area (Å²) in [6.45, 7) is 0. The summed E-state index contributed by atoms with van der Waals surface area (Å²) in [6.07, 6.45) is 4.20. The number of unbranched alkanes of at least 4 members (excludes halogenated alkanes) is 2. The molecule has 0 aliphatic heterocycles. The summed E-state index contributed by atoms with van der Waals surface area (Å²) in [6, 6.07) is 17.9. The third-order valence-corrected chi connectivity index (χ3v) is 6.00. The van der Waals surface area contributed by atoms with Crippen molar-refractivity contribution in [3.05, 3.63) is 72.3 Å². The fourth-order valence-electron chi connectivity index (χ4n) is 4.35. The normalized spacial score (nSPS) is 21.0. The van der Waals surface area contributed by atoms with Crippen LogP contribution in [0.3, 0.4) is 0 Å². The van der Waals surface area contributed by atoms with Gasteiger partial charge in [-0.2, -0.15) is 0 Å². The van der Waals surface area contributed by atoms with Crippen LogP contribution in [0.15, 0.2) is 66.7 Å². The molecular weight excluding hydrogens is 416 g/mol. The summed E-state index contributed by atoms with van der Waals surface area (Å²) in [5.41, 5.74) is 3.10. The van der Waals surface area contributed by atoms with E-state index in [9.17, 15) is 19.8 Å². The van der Waals surface area contributed by atoms with Crippen LogP contribution in [0.2, 0.25) is 0 Å². The number of benzene rings is 2. The van der Waals surface area contributed by atoms with Crippen molar-refractivity contribution in [2.45, 2.75) is 50.7 Å². The molecule has 1 unspecified atom stereocenters. The Morgan fingerprint density at radius 3 is 2.58 bits per heavy atom. The molecule has 1 saturated carbocycles. The molecule has 0 spiro atoms. The lowest BCUT2D eigenvalue weighted by atomic mass is 9.89. The summed E-state index contributed by atoms with van der Waals surface area (Å²) in [7, 11) is 0. The first kappa shape index (κ1) is 24.4.